The number of nitriles is 1. The number of aromatic nitrogens is 1. The molecule has 132 valence electrons. The van der Waals surface area contributed by atoms with Crippen molar-refractivity contribution in [1.82, 2.24) is 10.3 Å². The average molecular weight is 393 g/mol. The molecular formula is C17H11Cl2FN4O2. The van der Waals surface area contributed by atoms with Gasteiger partial charge in [-0.1, -0.05) is 23.2 Å². The Labute approximate surface area is 158 Å². The lowest BCUT2D eigenvalue weighted by Gasteiger charge is -2.17. The number of carbonyl (C=O) groups is 2. The predicted octanol–water partition coefficient (Wildman–Crippen LogP) is 2.93. The van der Waals surface area contributed by atoms with Gasteiger partial charge in [-0.15, -0.1) is 0 Å². The molecule has 0 radical (unpaired) electrons. The number of halogens is 3. The number of hydrogen-bond acceptors (Lipinski definition) is 4. The van der Waals surface area contributed by atoms with E-state index in [1.807, 2.05) is 6.07 Å². The van der Waals surface area contributed by atoms with Crippen LogP contribution in [0, 0.1) is 17.1 Å². The molecule has 1 aliphatic heterocycles. The zero-order valence-electron chi connectivity index (χ0n) is 13.2. The van der Waals surface area contributed by atoms with Gasteiger partial charge in [0.2, 0.25) is 5.91 Å². The minimum absolute atomic E-state index is 0.0332. The fraction of sp³-hybridized carbons (Fsp3) is 0.176. The Hall–Kier alpha value is -2.69. The number of anilines is 1. The first kappa shape index (κ1) is 18.1. The molecule has 0 spiro atoms. The maximum atomic E-state index is 13.6. The van der Waals surface area contributed by atoms with Gasteiger partial charge < -0.3 is 10.2 Å². The molecule has 0 aliphatic carbocycles. The maximum absolute atomic E-state index is 13.6. The van der Waals surface area contributed by atoms with E-state index in [9.17, 15) is 14.0 Å². The molecule has 1 unspecified atom stereocenters. The summed E-state index contributed by atoms with van der Waals surface area (Å²) in [7, 11) is 0. The zero-order chi connectivity index (χ0) is 18.8. The van der Waals surface area contributed by atoms with Crippen molar-refractivity contribution in [2.75, 3.05) is 11.4 Å². The van der Waals surface area contributed by atoms with Crippen LogP contribution in [0.25, 0.3) is 0 Å². The first-order chi connectivity index (χ1) is 12.4. The number of benzene rings is 1. The van der Waals surface area contributed by atoms with Gasteiger partial charge in [-0.2, -0.15) is 5.26 Å². The Morgan fingerprint density at radius 2 is 2.12 bits per heavy atom. The van der Waals surface area contributed by atoms with Gasteiger partial charge in [-0.25, -0.2) is 9.37 Å². The summed E-state index contributed by atoms with van der Waals surface area (Å²) in [6.07, 6.45) is 1.30. The SMILES string of the molecule is N#Cc1cnc(C(=O)NC2CC(=O)N(c3ccc(Cl)c(F)c3)C2)c(Cl)c1. The van der Waals surface area contributed by atoms with Gasteiger partial charge in [-0.3, -0.25) is 9.59 Å². The Bertz CT molecular complexity index is 945. The van der Waals surface area contributed by atoms with E-state index in [0.717, 1.165) is 0 Å². The molecule has 0 saturated carbocycles. The fourth-order valence-corrected chi connectivity index (χ4v) is 3.00. The van der Waals surface area contributed by atoms with Crippen molar-refractivity contribution in [3.63, 3.8) is 0 Å². The summed E-state index contributed by atoms with van der Waals surface area (Å²) in [4.78, 5) is 29.8. The second kappa shape index (κ2) is 7.28. The Balaban J connectivity index is 1.72. The van der Waals surface area contributed by atoms with Crippen LogP contribution in [-0.2, 0) is 4.79 Å². The predicted molar refractivity (Wildman–Crippen MR) is 93.6 cm³/mol. The van der Waals surface area contributed by atoms with Crippen molar-refractivity contribution in [2.24, 2.45) is 0 Å². The normalized spacial score (nSPS) is 16.5. The third-order valence-corrected chi connectivity index (χ3v) is 4.46. The van der Waals surface area contributed by atoms with E-state index in [1.54, 1.807) is 0 Å². The van der Waals surface area contributed by atoms with Crippen LogP contribution in [0.4, 0.5) is 10.1 Å². The van der Waals surface area contributed by atoms with Crippen LogP contribution >= 0.6 is 23.2 Å². The van der Waals surface area contributed by atoms with E-state index in [2.05, 4.69) is 10.3 Å². The number of nitrogens with zero attached hydrogens (tertiary/aromatic N) is 3. The van der Waals surface area contributed by atoms with Crippen molar-refractivity contribution in [2.45, 2.75) is 12.5 Å². The summed E-state index contributed by atoms with van der Waals surface area (Å²) in [6.45, 7) is 0.180. The van der Waals surface area contributed by atoms with Gasteiger partial charge in [0, 0.05) is 24.8 Å². The summed E-state index contributed by atoms with van der Waals surface area (Å²) in [6, 6.07) is 6.80. The Kier molecular flexibility index (Phi) is 5.07. The number of hydrogen-bond donors (Lipinski definition) is 1. The molecule has 6 nitrogen and oxygen atoms in total. The van der Waals surface area contributed by atoms with Crippen LogP contribution in [0.2, 0.25) is 10.0 Å². The topological polar surface area (TPSA) is 86.1 Å². The third-order valence-electron chi connectivity index (χ3n) is 3.86. The Morgan fingerprint density at radius 3 is 2.77 bits per heavy atom. The molecule has 1 aromatic heterocycles. The average Bonchev–Trinajstić information content (AvgIpc) is 2.97. The van der Waals surface area contributed by atoms with Gasteiger partial charge in [0.15, 0.2) is 0 Å². The largest absolute Gasteiger partial charge is 0.346 e. The van der Waals surface area contributed by atoms with Crippen LogP contribution in [0.3, 0.4) is 0 Å². The lowest BCUT2D eigenvalue weighted by molar-refractivity contribution is -0.117. The van der Waals surface area contributed by atoms with E-state index in [4.69, 9.17) is 28.5 Å². The van der Waals surface area contributed by atoms with Crippen molar-refractivity contribution in [3.05, 3.63) is 57.6 Å². The highest BCUT2D eigenvalue weighted by Gasteiger charge is 2.32. The smallest absolute Gasteiger partial charge is 0.271 e. The van der Waals surface area contributed by atoms with E-state index in [1.165, 1.54) is 35.4 Å². The molecule has 0 bridgehead atoms. The molecule has 2 amide bonds. The molecule has 1 atom stereocenters. The summed E-state index contributed by atoms with van der Waals surface area (Å²) in [5, 5.41) is 11.5. The molecule has 2 heterocycles. The van der Waals surface area contributed by atoms with E-state index < -0.39 is 17.8 Å². The highest BCUT2D eigenvalue weighted by atomic mass is 35.5. The minimum Gasteiger partial charge on any atom is -0.346 e. The molecule has 2 aromatic rings. The number of amides is 2. The molecular weight excluding hydrogens is 382 g/mol. The number of carbonyl (C=O) groups excluding carboxylic acids is 2. The van der Waals surface area contributed by atoms with Crippen LogP contribution < -0.4 is 10.2 Å². The highest BCUT2D eigenvalue weighted by molar-refractivity contribution is 6.33. The fourth-order valence-electron chi connectivity index (χ4n) is 2.63. The number of nitrogens with one attached hydrogen (secondary N) is 1. The first-order valence-corrected chi connectivity index (χ1v) is 8.26. The van der Waals surface area contributed by atoms with Gasteiger partial charge in [0.05, 0.1) is 21.7 Å². The number of rotatable bonds is 3. The van der Waals surface area contributed by atoms with E-state index in [-0.39, 0.29) is 40.2 Å². The zero-order valence-corrected chi connectivity index (χ0v) is 14.7. The third kappa shape index (κ3) is 3.62. The van der Waals surface area contributed by atoms with Crippen LogP contribution in [0.15, 0.2) is 30.5 Å². The van der Waals surface area contributed by atoms with Crippen LogP contribution in [0.5, 0.6) is 0 Å². The van der Waals surface area contributed by atoms with Crippen LogP contribution in [-0.4, -0.2) is 29.4 Å². The lowest BCUT2D eigenvalue weighted by Crippen LogP contribution is -2.37. The molecule has 26 heavy (non-hydrogen) atoms. The standard InChI is InChI=1S/C17H11Cl2FN4O2/c18-12-2-1-11(5-14(12)20)24-8-10(4-15(24)25)23-17(26)16-13(19)3-9(6-21)7-22-16/h1-3,5,7,10H,4,8H2,(H,23,26). The summed E-state index contributed by atoms with van der Waals surface area (Å²) in [5.41, 5.74) is 0.566. The first-order valence-electron chi connectivity index (χ1n) is 7.51. The molecule has 9 heteroatoms. The molecule has 3 rings (SSSR count). The Morgan fingerprint density at radius 1 is 1.35 bits per heavy atom. The highest BCUT2D eigenvalue weighted by Crippen LogP contribution is 2.26. The second-order valence-corrected chi connectivity index (χ2v) is 6.46. The van der Waals surface area contributed by atoms with Gasteiger partial charge in [0.1, 0.15) is 17.6 Å². The van der Waals surface area contributed by atoms with Crippen molar-refractivity contribution >= 4 is 40.7 Å². The van der Waals surface area contributed by atoms with Gasteiger partial charge in [-0.05, 0) is 24.3 Å². The molecule has 1 aliphatic rings. The van der Waals surface area contributed by atoms with Crippen molar-refractivity contribution in [1.29, 1.82) is 5.26 Å². The molecule has 1 saturated heterocycles. The second-order valence-electron chi connectivity index (χ2n) is 5.64. The summed E-state index contributed by atoms with van der Waals surface area (Å²) >= 11 is 11.6. The molecule has 1 fully saturated rings. The molecule has 1 N–H and O–H groups in total. The van der Waals surface area contributed by atoms with E-state index in [0.29, 0.717) is 5.69 Å². The summed E-state index contributed by atoms with van der Waals surface area (Å²) in [5.74, 6) is -1.43. The number of pyridine rings is 1. The lowest BCUT2D eigenvalue weighted by atomic mass is 10.2. The maximum Gasteiger partial charge on any atom is 0.271 e. The quantitative estimate of drug-likeness (QED) is 0.869. The van der Waals surface area contributed by atoms with Gasteiger partial charge >= 0.3 is 0 Å². The van der Waals surface area contributed by atoms with Crippen molar-refractivity contribution in [3.8, 4) is 6.07 Å². The van der Waals surface area contributed by atoms with Gasteiger partial charge in [0.25, 0.3) is 5.91 Å². The van der Waals surface area contributed by atoms with E-state index >= 15 is 0 Å². The monoisotopic (exact) mass is 392 g/mol. The minimum atomic E-state index is -0.627. The van der Waals surface area contributed by atoms with Crippen LogP contribution in [0.1, 0.15) is 22.5 Å². The van der Waals surface area contributed by atoms with Crippen molar-refractivity contribution < 1.29 is 14.0 Å². The molecule has 1 aromatic carbocycles. The summed E-state index contributed by atoms with van der Waals surface area (Å²) < 4.78 is 13.6.